The van der Waals surface area contributed by atoms with Gasteiger partial charge in [0.15, 0.2) is 0 Å². The smallest absolute Gasteiger partial charge is 0.311 e. The first-order chi connectivity index (χ1) is 10.2. The number of hydrogen-bond acceptors (Lipinski definition) is 4. The second kappa shape index (κ2) is 5.92. The summed E-state index contributed by atoms with van der Waals surface area (Å²) in [6.07, 6.45) is 1.00. The summed E-state index contributed by atoms with van der Waals surface area (Å²) in [7, 11) is 0. The Balaban J connectivity index is 2.32. The molecule has 22 heavy (non-hydrogen) atoms. The van der Waals surface area contributed by atoms with Crippen molar-refractivity contribution in [2.45, 2.75) is 19.8 Å². The molecule has 0 aliphatic carbocycles. The third-order valence-electron chi connectivity index (χ3n) is 3.89. The van der Waals surface area contributed by atoms with Crippen LogP contribution in [-0.2, 0) is 4.79 Å². The highest BCUT2D eigenvalue weighted by Gasteiger charge is 2.40. The summed E-state index contributed by atoms with van der Waals surface area (Å²) in [5, 5.41) is 20.5. The fourth-order valence-corrected chi connectivity index (χ4v) is 2.76. The number of nitrogens with zero attached hydrogens (tertiary/aromatic N) is 2. The van der Waals surface area contributed by atoms with E-state index in [-0.39, 0.29) is 22.8 Å². The zero-order valence-corrected chi connectivity index (χ0v) is 12.7. The van der Waals surface area contributed by atoms with E-state index in [9.17, 15) is 24.8 Å². The molecule has 1 N–H and O–H groups in total. The molecule has 0 aromatic heterocycles. The molecule has 1 heterocycles. The van der Waals surface area contributed by atoms with Gasteiger partial charge in [0.25, 0.3) is 11.6 Å². The average molecular weight is 327 g/mol. The minimum atomic E-state index is -1.03. The first-order valence-electron chi connectivity index (χ1n) is 6.71. The zero-order valence-electron chi connectivity index (χ0n) is 11.9. The largest absolute Gasteiger partial charge is 0.481 e. The minimum Gasteiger partial charge on any atom is -0.481 e. The minimum absolute atomic E-state index is 0.0287. The van der Waals surface area contributed by atoms with Gasteiger partial charge in [-0.15, -0.1) is 0 Å². The monoisotopic (exact) mass is 326 g/mol. The fraction of sp³-hybridized carbons (Fsp3) is 0.429. The molecular weight excluding hydrogens is 312 g/mol. The topological polar surface area (TPSA) is 101 Å². The Kier molecular flexibility index (Phi) is 4.37. The predicted octanol–water partition coefficient (Wildman–Crippen LogP) is 2.58. The number of carbonyl (C=O) groups is 2. The van der Waals surface area contributed by atoms with E-state index in [1.54, 1.807) is 6.92 Å². The van der Waals surface area contributed by atoms with Gasteiger partial charge in [-0.25, -0.2) is 0 Å². The van der Waals surface area contributed by atoms with Crippen LogP contribution in [0, 0.1) is 15.5 Å². The Hall–Kier alpha value is -2.15. The van der Waals surface area contributed by atoms with Gasteiger partial charge >= 0.3 is 5.97 Å². The quantitative estimate of drug-likeness (QED) is 0.679. The number of halogens is 1. The summed E-state index contributed by atoms with van der Waals surface area (Å²) in [6, 6.07) is 3.83. The molecule has 1 aliphatic heterocycles. The number of carboxylic acids is 1. The Labute approximate surface area is 131 Å². The third-order valence-corrected chi connectivity index (χ3v) is 4.12. The maximum absolute atomic E-state index is 12.5. The van der Waals surface area contributed by atoms with Crippen LogP contribution in [0.2, 0.25) is 5.02 Å². The van der Waals surface area contributed by atoms with E-state index in [2.05, 4.69) is 0 Å². The molecule has 0 radical (unpaired) electrons. The van der Waals surface area contributed by atoms with Crippen molar-refractivity contribution in [2.24, 2.45) is 5.41 Å². The number of carbonyl (C=O) groups excluding carboxylic acids is 1. The van der Waals surface area contributed by atoms with Crippen molar-refractivity contribution in [1.82, 2.24) is 4.90 Å². The number of benzene rings is 1. The van der Waals surface area contributed by atoms with Gasteiger partial charge in [0, 0.05) is 24.2 Å². The Morgan fingerprint density at radius 3 is 2.73 bits per heavy atom. The van der Waals surface area contributed by atoms with Crippen LogP contribution in [0.15, 0.2) is 18.2 Å². The number of nitro groups is 1. The highest BCUT2D eigenvalue weighted by atomic mass is 35.5. The lowest BCUT2D eigenvalue weighted by molar-refractivity contribution is -0.385. The molecule has 1 aliphatic rings. The predicted molar refractivity (Wildman–Crippen MR) is 79.0 cm³/mol. The van der Waals surface area contributed by atoms with Crippen LogP contribution in [0.3, 0.4) is 0 Å². The van der Waals surface area contributed by atoms with Crippen molar-refractivity contribution < 1.29 is 19.6 Å². The molecule has 1 fully saturated rings. The number of nitro benzene ring substituents is 1. The fourth-order valence-electron chi connectivity index (χ4n) is 2.59. The van der Waals surface area contributed by atoms with Gasteiger partial charge in [0.2, 0.25) is 0 Å². The lowest BCUT2D eigenvalue weighted by atomic mass is 9.82. The molecule has 2 rings (SSSR count). The van der Waals surface area contributed by atoms with Crippen LogP contribution >= 0.6 is 11.6 Å². The highest BCUT2D eigenvalue weighted by Crippen LogP contribution is 2.32. The van der Waals surface area contributed by atoms with Gasteiger partial charge < -0.3 is 10.0 Å². The van der Waals surface area contributed by atoms with Crippen LogP contribution in [0.5, 0.6) is 0 Å². The van der Waals surface area contributed by atoms with Gasteiger partial charge in [0.05, 0.1) is 10.3 Å². The maximum atomic E-state index is 12.5. The summed E-state index contributed by atoms with van der Waals surface area (Å²) in [6.45, 7) is 1.98. The van der Waals surface area contributed by atoms with E-state index >= 15 is 0 Å². The summed E-state index contributed by atoms with van der Waals surface area (Å²) >= 11 is 5.73. The molecule has 0 saturated carbocycles. The second-order valence-corrected chi connectivity index (χ2v) is 6.05. The van der Waals surface area contributed by atoms with E-state index in [1.807, 2.05) is 0 Å². The van der Waals surface area contributed by atoms with E-state index in [0.29, 0.717) is 19.4 Å². The molecule has 1 atom stereocenters. The number of aliphatic carboxylic acids is 1. The lowest BCUT2D eigenvalue weighted by Crippen LogP contribution is -2.48. The number of amides is 1. The number of carboxylic acid groups (broad SMARTS) is 1. The summed E-state index contributed by atoms with van der Waals surface area (Å²) in [5.41, 5.74) is -1.49. The first kappa shape index (κ1) is 16.2. The summed E-state index contributed by atoms with van der Waals surface area (Å²) < 4.78 is 0. The van der Waals surface area contributed by atoms with Gasteiger partial charge in [-0.1, -0.05) is 11.6 Å². The summed E-state index contributed by atoms with van der Waals surface area (Å²) in [4.78, 5) is 35.6. The SMILES string of the molecule is CC1(C(=O)O)CCCN(C(=O)c2ccc(Cl)cc2[N+](=O)[O-])C1. The van der Waals surface area contributed by atoms with Crippen LogP contribution in [0.25, 0.3) is 0 Å². The van der Waals surface area contributed by atoms with Gasteiger partial charge in [0.1, 0.15) is 5.56 Å². The molecule has 1 amide bonds. The van der Waals surface area contributed by atoms with E-state index < -0.39 is 22.2 Å². The molecule has 8 heteroatoms. The molecule has 0 spiro atoms. The van der Waals surface area contributed by atoms with Crippen molar-refractivity contribution in [1.29, 1.82) is 0 Å². The normalized spacial score (nSPS) is 21.5. The van der Waals surface area contributed by atoms with Crippen molar-refractivity contribution in [3.05, 3.63) is 38.9 Å². The Morgan fingerprint density at radius 2 is 2.14 bits per heavy atom. The standard InChI is InChI=1S/C14H15ClN2O5/c1-14(13(19)20)5-2-6-16(8-14)12(18)10-4-3-9(15)7-11(10)17(21)22/h3-4,7H,2,5-6,8H2,1H3,(H,19,20). The molecule has 1 saturated heterocycles. The Morgan fingerprint density at radius 1 is 1.45 bits per heavy atom. The van der Waals surface area contributed by atoms with Crippen LogP contribution in [0.4, 0.5) is 5.69 Å². The molecule has 0 bridgehead atoms. The number of piperidine rings is 1. The number of hydrogen-bond donors (Lipinski definition) is 1. The molecule has 118 valence electrons. The average Bonchev–Trinajstić information content (AvgIpc) is 2.46. The molecule has 7 nitrogen and oxygen atoms in total. The van der Waals surface area contributed by atoms with Crippen molar-refractivity contribution in [3.63, 3.8) is 0 Å². The van der Waals surface area contributed by atoms with E-state index in [1.165, 1.54) is 17.0 Å². The maximum Gasteiger partial charge on any atom is 0.311 e. The Bertz CT molecular complexity index is 648. The van der Waals surface area contributed by atoms with Crippen LogP contribution in [-0.4, -0.2) is 39.9 Å². The second-order valence-electron chi connectivity index (χ2n) is 5.61. The van der Waals surface area contributed by atoms with Crippen molar-refractivity contribution in [2.75, 3.05) is 13.1 Å². The van der Waals surface area contributed by atoms with Crippen LogP contribution in [0.1, 0.15) is 30.1 Å². The zero-order chi connectivity index (χ0) is 16.5. The van der Waals surface area contributed by atoms with Crippen molar-refractivity contribution >= 4 is 29.2 Å². The van der Waals surface area contributed by atoms with Crippen LogP contribution < -0.4 is 0 Å². The molecule has 1 unspecified atom stereocenters. The highest BCUT2D eigenvalue weighted by molar-refractivity contribution is 6.31. The number of likely N-dealkylation sites (tertiary alicyclic amines) is 1. The molecular formula is C14H15ClN2O5. The molecule has 1 aromatic carbocycles. The van der Waals surface area contributed by atoms with Gasteiger partial charge in [-0.3, -0.25) is 19.7 Å². The van der Waals surface area contributed by atoms with E-state index in [4.69, 9.17) is 11.6 Å². The van der Waals surface area contributed by atoms with Crippen molar-refractivity contribution in [3.8, 4) is 0 Å². The van der Waals surface area contributed by atoms with Gasteiger partial charge in [-0.2, -0.15) is 0 Å². The van der Waals surface area contributed by atoms with Gasteiger partial charge in [-0.05, 0) is 31.9 Å². The van der Waals surface area contributed by atoms with E-state index in [0.717, 1.165) is 6.07 Å². The number of rotatable bonds is 3. The first-order valence-corrected chi connectivity index (χ1v) is 7.09. The molecule has 1 aromatic rings. The lowest BCUT2D eigenvalue weighted by Gasteiger charge is -2.37. The third kappa shape index (κ3) is 3.04. The summed E-state index contributed by atoms with van der Waals surface area (Å²) in [5.74, 6) is -1.52.